The van der Waals surface area contributed by atoms with Crippen molar-refractivity contribution in [3.8, 4) is 11.1 Å². The van der Waals surface area contributed by atoms with E-state index in [9.17, 15) is 14.0 Å². The first kappa shape index (κ1) is 24.0. The molecule has 5 N–H and O–H groups in total. The first-order valence-electron chi connectivity index (χ1n) is 10.9. The van der Waals surface area contributed by atoms with Crippen LogP contribution in [0.5, 0.6) is 0 Å². The van der Waals surface area contributed by atoms with Gasteiger partial charge in [0.15, 0.2) is 5.65 Å². The van der Waals surface area contributed by atoms with Gasteiger partial charge < -0.3 is 16.4 Å². The molecule has 0 atom stereocenters. The van der Waals surface area contributed by atoms with Crippen LogP contribution in [0.25, 0.3) is 22.2 Å². The van der Waals surface area contributed by atoms with Crippen molar-refractivity contribution in [1.82, 2.24) is 30.5 Å². The third-order valence-electron chi connectivity index (χ3n) is 5.46. The van der Waals surface area contributed by atoms with Crippen molar-refractivity contribution >= 4 is 50.4 Å². The van der Waals surface area contributed by atoms with Gasteiger partial charge in [-0.25, -0.2) is 14.4 Å². The number of rotatable bonds is 7. The van der Waals surface area contributed by atoms with Crippen molar-refractivity contribution in [3.05, 3.63) is 94.2 Å². The number of halogens is 2. The Hall–Kier alpha value is -4.71. The molecule has 37 heavy (non-hydrogen) atoms. The lowest BCUT2D eigenvalue weighted by atomic mass is 10.0. The average Bonchev–Trinajstić information content (AvgIpc) is 3.37. The summed E-state index contributed by atoms with van der Waals surface area (Å²) in [5.41, 5.74) is 8.21. The minimum atomic E-state index is -0.659. The first-order valence-corrected chi connectivity index (χ1v) is 11.7. The topological polar surface area (TPSA) is 152 Å². The summed E-state index contributed by atoms with van der Waals surface area (Å²) in [7, 11) is 0. The van der Waals surface area contributed by atoms with Crippen LogP contribution >= 0.6 is 15.9 Å². The summed E-state index contributed by atoms with van der Waals surface area (Å²) in [6.07, 6.45) is 2.89. The van der Waals surface area contributed by atoms with E-state index in [0.29, 0.717) is 22.3 Å². The number of carbonyl (C=O) groups is 2. The summed E-state index contributed by atoms with van der Waals surface area (Å²) in [5, 5.41) is 12.8. The summed E-state index contributed by atoms with van der Waals surface area (Å²) in [5.74, 6) is -1.28. The van der Waals surface area contributed by atoms with Crippen molar-refractivity contribution in [2.75, 3.05) is 5.32 Å². The Balaban J connectivity index is 1.53. The van der Waals surface area contributed by atoms with Crippen LogP contribution in [0.15, 0.2) is 71.5 Å². The highest BCUT2D eigenvalue weighted by Crippen LogP contribution is 2.32. The number of anilines is 2. The van der Waals surface area contributed by atoms with Gasteiger partial charge in [-0.1, -0.05) is 34.1 Å². The van der Waals surface area contributed by atoms with Crippen LogP contribution in [-0.4, -0.2) is 37.0 Å². The number of nitrogens with one attached hydrogen (secondary N) is 3. The number of hydrogen-bond donors (Lipinski definition) is 4. The second kappa shape index (κ2) is 10.1. The van der Waals surface area contributed by atoms with Crippen LogP contribution in [-0.2, 0) is 6.54 Å². The lowest BCUT2D eigenvalue weighted by Gasteiger charge is -2.13. The molecule has 0 aliphatic carbocycles. The summed E-state index contributed by atoms with van der Waals surface area (Å²) in [6, 6.07) is 15.0. The normalized spacial score (nSPS) is 10.9. The van der Waals surface area contributed by atoms with Gasteiger partial charge in [-0.15, -0.1) is 0 Å². The van der Waals surface area contributed by atoms with Gasteiger partial charge in [0.25, 0.3) is 11.8 Å². The fraction of sp³-hybridized carbons (Fsp3) is 0.0400. The van der Waals surface area contributed by atoms with E-state index in [1.807, 2.05) is 24.3 Å². The first-order chi connectivity index (χ1) is 17.9. The highest BCUT2D eigenvalue weighted by atomic mass is 79.9. The second-order valence-electron chi connectivity index (χ2n) is 7.91. The van der Waals surface area contributed by atoms with E-state index in [0.717, 1.165) is 10.0 Å². The molecule has 0 saturated heterocycles. The Morgan fingerprint density at radius 3 is 2.57 bits per heavy atom. The Morgan fingerprint density at radius 1 is 1.03 bits per heavy atom. The number of hydrogen-bond acceptors (Lipinski definition) is 7. The number of nitrogens with zero attached hydrogens (tertiary/aromatic N) is 4. The van der Waals surface area contributed by atoms with Gasteiger partial charge in [-0.3, -0.25) is 14.7 Å². The second-order valence-corrected chi connectivity index (χ2v) is 8.77. The number of aromatic amines is 1. The van der Waals surface area contributed by atoms with Gasteiger partial charge in [0, 0.05) is 27.3 Å². The smallest absolute Gasteiger partial charge is 0.270 e. The number of amides is 2. The molecule has 2 aromatic carbocycles. The molecule has 0 aliphatic rings. The molecule has 10 nitrogen and oxygen atoms in total. The van der Waals surface area contributed by atoms with Gasteiger partial charge in [0.2, 0.25) is 5.95 Å². The Kier molecular flexibility index (Phi) is 6.56. The number of H-pyrrole nitrogens is 1. The number of nitrogens with two attached hydrogens (primary N) is 1. The molecule has 0 aliphatic heterocycles. The standard InChI is InChI=1S/C25H18BrFN8O2/c26-19-4-2-1-3-16(19)17-9-13-10-30-25(32-15-7-5-14(27)6-8-15)34-23(13)33-21(17)24(37)29-12-20-18(22(28)36)11-31-35-20/h1-11H,12H2,(H2,28,36)(H,29,37)(H,31,35)(H,30,32,33,34). The SMILES string of the molecule is NC(=O)c1cn[nH]c1CNC(=O)c1nc2nc(Nc3ccc(F)cc3)ncc2cc1-c1ccccc1Br. The van der Waals surface area contributed by atoms with Crippen molar-refractivity contribution in [3.63, 3.8) is 0 Å². The number of primary amides is 1. The minimum absolute atomic E-state index is 0.0205. The van der Waals surface area contributed by atoms with Crippen LogP contribution < -0.4 is 16.4 Å². The van der Waals surface area contributed by atoms with E-state index in [1.54, 1.807) is 24.4 Å². The van der Waals surface area contributed by atoms with Crippen molar-refractivity contribution in [2.45, 2.75) is 6.54 Å². The zero-order chi connectivity index (χ0) is 25.9. The number of benzene rings is 2. The molecule has 3 heterocycles. The zero-order valence-corrected chi connectivity index (χ0v) is 20.6. The Morgan fingerprint density at radius 2 is 1.81 bits per heavy atom. The van der Waals surface area contributed by atoms with Gasteiger partial charge >= 0.3 is 0 Å². The van der Waals surface area contributed by atoms with E-state index < -0.39 is 11.8 Å². The predicted octanol–water partition coefficient (Wildman–Crippen LogP) is 4.09. The van der Waals surface area contributed by atoms with Crippen LogP contribution in [0.1, 0.15) is 26.5 Å². The van der Waals surface area contributed by atoms with E-state index >= 15 is 0 Å². The average molecular weight is 561 g/mol. The van der Waals surface area contributed by atoms with Crippen molar-refractivity contribution in [1.29, 1.82) is 0 Å². The van der Waals surface area contributed by atoms with E-state index in [2.05, 4.69) is 51.7 Å². The molecular formula is C25H18BrFN8O2. The molecule has 5 aromatic rings. The Bertz CT molecular complexity index is 1640. The number of fused-ring (bicyclic) bond motifs is 1. The third-order valence-corrected chi connectivity index (χ3v) is 6.15. The number of aromatic nitrogens is 5. The largest absolute Gasteiger partial charge is 0.365 e. The molecule has 3 aromatic heterocycles. The fourth-order valence-electron chi connectivity index (χ4n) is 3.66. The Labute approximate surface area is 217 Å². The monoisotopic (exact) mass is 560 g/mol. The number of carbonyl (C=O) groups excluding carboxylic acids is 2. The summed E-state index contributed by atoms with van der Waals surface area (Å²) in [4.78, 5) is 38.3. The maximum atomic E-state index is 13.3. The van der Waals surface area contributed by atoms with E-state index in [1.165, 1.54) is 18.3 Å². The molecule has 0 unspecified atom stereocenters. The van der Waals surface area contributed by atoms with Crippen molar-refractivity contribution in [2.24, 2.45) is 5.73 Å². The molecule has 0 radical (unpaired) electrons. The van der Waals surface area contributed by atoms with Gasteiger partial charge in [-0.2, -0.15) is 10.1 Å². The predicted molar refractivity (Wildman–Crippen MR) is 138 cm³/mol. The highest BCUT2D eigenvalue weighted by Gasteiger charge is 2.20. The third kappa shape index (κ3) is 5.14. The molecule has 0 saturated carbocycles. The lowest BCUT2D eigenvalue weighted by Crippen LogP contribution is -2.26. The highest BCUT2D eigenvalue weighted by molar-refractivity contribution is 9.10. The molecule has 0 bridgehead atoms. The molecule has 12 heteroatoms. The molecule has 2 amide bonds. The van der Waals surface area contributed by atoms with Crippen LogP contribution in [0.4, 0.5) is 16.0 Å². The number of pyridine rings is 1. The molecule has 0 spiro atoms. The molecule has 184 valence electrons. The molecule has 5 rings (SSSR count). The fourth-order valence-corrected chi connectivity index (χ4v) is 4.15. The quantitative estimate of drug-likeness (QED) is 0.234. The lowest BCUT2D eigenvalue weighted by molar-refractivity contribution is 0.0942. The summed E-state index contributed by atoms with van der Waals surface area (Å²) >= 11 is 3.54. The van der Waals surface area contributed by atoms with Gasteiger partial charge in [0.05, 0.1) is 24.0 Å². The van der Waals surface area contributed by atoms with Gasteiger partial charge in [-0.05, 0) is 42.0 Å². The van der Waals surface area contributed by atoms with E-state index in [4.69, 9.17) is 5.73 Å². The van der Waals surface area contributed by atoms with E-state index in [-0.39, 0.29) is 35.2 Å². The minimum Gasteiger partial charge on any atom is -0.365 e. The molecule has 0 fully saturated rings. The maximum absolute atomic E-state index is 13.3. The van der Waals surface area contributed by atoms with Crippen molar-refractivity contribution < 1.29 is 14.0 Å². The summed E-state index contributed by atoms with van der Waals surface area (Å²) < 4.78 is 14.0. The van der Waals surface area contributed by atoms with Crippen LogP contribution in [0.2, 0.25) is 0 Å². The molecular weight excluding hydrogens is 543 g/mol. The zero-order valence-electron chi connectivity index (χ0n) is 19.0. The van der Waals surface area contributed by atoms with Crippen LogP contribution in [0, 0.1) is 5.82 Å². The van der Waals surface area contributed by atoms with Gasteiger partial charge in [0.1, 0.15) is 11.5 Å². The summed E-state index contributed by atoms with van der Waals surface area (Å²) in [6.45, 7) is -0.0205. The maximum Gasteiger partial charge on any atom is 0.270 e. The van der Waals surface area contributed by atoms with Crippen LogP contribution in [0.3, 0.4) is 0 Å².